The van der Waals surface area contributed by atoms with Crippen LogP contribution in [0.1, 0.15) is 52.9 Å². The molecule has 0 amide bonds. The minimum atomic E-state index is -2.09. The van der Waals surface area contributed by atoms with Gasteiger partial charge in [0.1, 0.15) is 6.17 Å². The Kier molecular flexibility index (Phi) is 5.16. The molecule has 5 rings (SSSR count). The van der Waals surface area contributed by atoms with E-state index in [0.29, 0.717) is 24.0 Å². The van der Waals surface area contributed by atoms with Crippen molar-refractivity contribution in [2.45, 2.75) is 88.8 Å². The number of halogens is 2. The lowest BCUT2D eigenvalue weighted by Crippen LogP contribution is -2.71. The van der Waals surface area contributed by atoms with Crippen molar-refractivity contribution in [1.29, 1.82) is 0 Å². The number of alkyl halides is 2. The van der Waals surface area contributed by atoms with E-state index < -0.39 is 58.6 Å². The van der Waals surface area contributed by atoms with Crippen LogP contribution in [0, 0.1) is 22.7 Å². The van der Waals surface area contributed by atoms with Gasteiger partial charge in [0.05, 0.1) is 18.8 Å². The summed E-state index contributed by atoms with van der Waals surface area (Å²) in [6.07, 6.45) is 2.87. The number of fused-ring (bicyclic) bond motifs is 7. The summed E-state index contributed by atoms with van der Waals surface area (Å²) in [5.74, 6) is -1.49. The molecule has 33 heavy (non-hydrogen) atoms. The molecule has 5 aliphatic rings. The molecule has 1 heterocycles. The van der Waals surface area contributed by atoms with Crippen LogP contribution in [0.5, 0.6) is 0 Å². The number of aliphatic hydroxyl groups is 1. The van der Waals surface area contributed by atoms with Crippen LogP contribution in [0.2, 0.25) is 0 Å². The first-order chi connectivity index (χ1) is 15.5. The summed E-state index contributed by atoms with van der Waals surface area (Å²) in [5.41, 5.74) is 1.12. The molecule has 0 aromatic rings. The van der Waals surface area contributed by atoms with E-state index in [1.165, 1.54) is 0 Å². The van der Waals surface area contributed by atoms with Crippen molar-refractivity contribution in [2.24, 2.45) is 28.4 Å². The van der Waals surface area contributed by atoms with E-state index >= 15 is 8.78 Å². The Hall–Kier alpha value is -1.41. The maximum absolute atomic E-state index is 17.3. The Morgan fingerprint density at radius 2 is 2.06 bits per heavy atom. The number of rotatable bonds is 4. The molecule has 0 unspecified atom stereocenters. The van der Waals surface area contributed by atoms with E-state index in [0.717, 1.165) is 6.42 Å². The summed E-state index contributed by atoms with van der Waals surface area (Å²) in [4.78, 5) is 13.4. The number of carbonyl (C=O) groups is 1. The van der Waals surface area contributed by atoms with Crippen molar-refractivity contribution < 1.29 is 28.2 Å². The van der Waals surface area contributed by atoms with Crippen LogP contribution in [0.15, 0.2) is 36.0 Å². The van der Waals surface area contributed by atoms with Crippen molar-refractivity contribution in [3.05, 3.63) is 36.0 Å². The van der Waals surface area contributed by atoms with E-state index in [1.54, 1.807) is 25.2 Å². The molecule has 0 bridgehead atoms. The molecule has 182 valence electrons. The van der Waals surface area contributed by atoms with Gasteiger partial charge >= 0.3 is 0 Å². The summed E-state index contributed by atoms with van der Waals surface area (Å²) in [6.45, 7) is 9.21. The average molecular weight is 464 g/mol. The van der Waals surface area contributed by atoms with Gasteiger partial charge in [0.2, 0.25) is 0 Å². The summed E-state index contributed by atoms with van der Waals surface area (Å²) in [6, 6.07) is 0. The van der Waals surface area contributed by atoms with Crippen LogP contribution in [-0.2, 0) is 14.3 Å². The first-order valence-corrected chi connectivity index (χ1v) is 12.2. The van der Waals surface area contributed by atoms with Crippen LogP contribution < -0.4 is 5.73 Å². The summed E-state index contributed by atoms with van der Waals surface area (Å²) >= 11 is 0. The van der Waals surface area contributed by atoms with Crippen molar-refractivity contribution >= 4 is 5.78 Å². The van der Waals surface area contributed by atoms with Gasteiger partial charge in [-0.15, -0.1) is 0 Å². The van der Waals surface area contributed by atoms with Gasteiger partial charge in [0.15, 0.2) is 23.3 Å². The lowest BCUT2D eigenvalue weighted by atomic mass is 9.44. The smallest absolute Gasteiger partial charge is 0.181 e. The Bertz CT molecular complexity index is 951. The van der Waals surface area contributed by atoms with Crippen LogP contribution in [0.25, 0.3) is 0 Å². The van der Waals surface area contributed by atoms with E-state index in [-0.39, 0.29) is 25.2 Å². The number of nitrogens with two attached hydrogens (primary N) is 1. The zero-order valence-corrected chi connectivity index (χ0v) is 19.7. The predicted molar refractivity (Wildman–Crippen MR) is 120 cm³/mol. The number of aliphatic hydroxyl groups excluding tert-OH is 1. The quantitative estimate of drug-likeness (QED) is 0.664. The number of ether oxygens (including phenoxy) is 2. The molecule has 4 fully saturated rings. The van der Waals surface area contributed by atoms with Crippen molar-refractivity contribution in [2.75, 3.05) is 6.54 Å². The lowest BCUT2D eigenvalue weighted by Gasteiger charge is -2.63. The fourth-order valence-corrected chi connectivity index (χ4v) is 8.11. The number of hydrogen-bond donors (Lipinski definition) is 2. The zero-order chi connectivity index (χ0) is 24.0. The van der Waals surface area contributed by atoms with Gasteiger partial charge in [0, 0.05) is 16.7 Å². The highest BCUT2D eigenvalue weighted by Gasteiger charge is 2.79. The monoisotopic (exact) mass is 463 g/mol. The fourth-order valence-electron chi connectivity index (χ4n) is 8.11. The zero-order valence-electron chi connectivity index (χ0n) is 19.7. The van der Waals surface area contributed by atoms with Gasteiger partial charge in [-0.2, -0.15) is 0 Å². The topological polar surface area (TPSA) is 81.8 Å². The molecule has 5 nitrogen and oxygen atoms in total. The number of hydrogen-bond acceptors (Lipinski definition) is 5. The average Bonchev–Trinajstić information content (AvgIpc) is 3.24. The highest BCUT2D eigenvalue weighted by atomic mass is 19.1. The maximum atomic E-state index is 17.3. The molecule has 3 saturated carbocycles. The van der Waals surface area contributed by atoms with E-state index in [4.69, 9.17) is 15.2 Å². The molecular formula is C26H35F2NO4. The van der Waals surface area contributed by atoms with E-state index in [1.807, 2.05) is 13.8 Å². The normalized spacial score (nSPS) is 52.6. The second-order valence-corrected chi connectivity index (χ2v) is 11.1. The standard InChI is InChI=1S/C26H35F2NO4/c1-5-6-22-32-21-11-15-16-10-18(27)17-9-14(2)7-8-23(17,3)25(16,28)19(30)12-24(15,4)26(21,33-22)20(31)13-29/h7-9,15-16,18-19,21-22,30H,2,5-6,10-13,29H2,1,3-4H3/t15-,16-,18-,19-,21+,22-,23-,24-,25-,26+/m0/s1. The van der Waals surface area contributed by atoms with Crippen LogP contribution in [0.4, 0.5) is 8.78 Å². The Balaban J connectivity index is 1.62. The first kappa shape index (κ1) is 23.3. The van der Waals surface area contributed by atoms with Crippen molar-refractivity contribution in [3.63, 3.8) is 0 Å². The number of ketones is 1. The molecule has 0 aromatic carbocycles. The summed E-state index contributed by atoms with van der Waals surface area (Å²) in [5, 5.41) is 11.5. The molecule has 0 radical (unpaired) electrons. The molecule has 0 aromatic heterocycles. The molecule has 7 heteroatoms. The van der Waals surface area contributed by atoms with Gasteiger partial charge in [-0.25, -0.2) is 8.78 Å². The molecule has 10 atom stereocenters. The minimum Gasteiger partial charge on any atom is -0.390 e. The van der Waals surface area contributed by atoms with Gasteiger partial charge in [-0.3, -0.25) is 4.79 Å². The van der Waals surface area contributed by atoms with Crippen LogP contribution in [0.3, 0.4) is 0 Å². The lowest BCUT2D eigenvalue weighted by molar-refractivity contribution is -0.233. The van der Waals surface area contributed by atoms with Gasteiger partial charge < -0.3 is 20.3 Å². The first-order valence-electron chi connectivity index (χ1n) is 12.2. The second kappa shape index (κ2) is 7.30. The molecular weight excluding hydrogens is 428 g/mol. The van der Waals surface area contributed by atoms with E-state index in [2.05, 4.69) is 6.58 Å². The second-order valence-electron chi connectivity index (χ2n) is 11.1. The van der Waals surface area contributed by atoms with Crippen molar-refractivity contribution in [1.82, 2.24) is 0 Å². The predicted octanol–water partition coefficient (Wildman–Crippen LogP) is 3.71. The van der Waals surface area contributed by atoms with Gasteiger partial charge in [-0.05, 0) is 49.7 Å². The van der Waals surface area contributed by atoms with Crippen LogP contribution in [-0.4, -0.2) is 53.4 Å². The number of allylic oxidation sites excluding steroid dienone is 5. The third kappa shape index (κ3) is 2.63. The third-order valence-electron chi connectivity index (χ3n) is 9.64. The Labute approximate surface area is 194 Å². The summed E-state index contributed by atoms with van der Waals surface area (Å²) in [7, 11) is 0. The highest BCUT2D eigenvalue weighted by molar-refractivity contribution is 5.91. The maximum Gasteiger partial charge on any atom is 0.181 e. The Morgan fingerprint density at radius 1 is 1.33 bits per heavy atom. The SMILES string of the molecule is C=C1C=C[C@@]2(C)C(=C1)[C@@H](F)C[C@H]1[C@@H]3C[C@H]4O[C@H](CCC)O[C@@]4(C(=O)CN)[C@@]3(C)C[C@H](O)[C@@]12F. The Morgan fingerprint density at radius 3 is 2.73 bits per heavy atom. The van der Waals surface area contributed by atoms with Gasteiger partial charge in [-0.1, -0.05) is 45.1 Å². The van der Waals surface area contributed by atoms with Crippen molar-refractivity contribution in [3.8, 4) is 0 Å². The minimum absolute atomic E-state index is 0.0176. The largest absolute Gasteiger partial charge is 0.390 e. The van der Waals surface area contributed by atoms with Gasteiger partial charge in [0.25, 0.3) is 0 Å². The molecule has 1 aliphatic heterocycles. The summed E-state index contributed by atoms with van der Waals surface area (Å²) < 4.78 is 45.5. The van der Waals surface area contributed by atoms with Crippen LogP contribution >= 0.6 is 0 Å². The molecule has 0 spiro atoms. The number of Topliss-reactive ketones (excluding diaryl/α,β-unsaturated/α-hetero) is 1. The van der Waals surface area contributed by atoms with E-state index in [9.17, 15) is 9.90 Å². The molecule has 3 N–H and O–H groups in total. The fraction of sp³-hybridized carbons (Fsp3) is 0.731. The third-order valence-corrected chi connectivity index (χ3v) is 9.64. The number of carbonyl (C=O) groups excluding carboxylic acids is 1. The molecule has 4 aliphatic carbocycles. The molecule has 1 saturated heterocycles. The highest BCUT2D eigenvalue weighted by Crippen LogP contribution is 2.72.